The highest BCUT2D eigenvalue weighted by molar-refractivity contribution is 5.74. The number of aliphatic hydroxyl groups excluding tert-OH is 1. The minimum Gasteiger partial charge on any atom is -0.493 e. The van der Waals surface area contributed by atoms with E-state index in [1.807, 2.05) is 55.5 Å². The van der Waals surface area contributed by atoms with E-state index in [0.717, 1.165) is 22.4 Å². The Bertz CT molecular complexity index is 717. The number of fused-ring (bicyclic) bond motifs is 1. The molecule has 2 aromatic carbocycles. The fraction of sp³-hybridized carbons (Fsp3) is 0.316. The SMILES string of the molecule is CC(NC(=O)NCc1ccccc1CO)C1COc2ccccc21. The maximum Gasteiger partial charge on any atom is 0.315 e. The van der Waals surface area contributed by atoms with Gasteiger partial charge in [0.2, 0.25) is 0 Å². The van der Waals surface area contributed by atoms with Crippen molar-refractivity contribution in [1.82, 2.24) is 10.6 Å². The van der Waals surface area contributed by atoms with Crippen LogP contribution in [0.15, 0.2) is 48.5 Å². The third kappa shape index (κ3) is 3.51. The summed E-state index contributed by atoms with van der Waals surface area (Å²) in [5.74, 6) is 1.05. The van der Waals surface area contributed by atoms with Crippen molar-refractivity contribution in [3.8, 4) is 5.75 Å². The zero-order valence-corrected chi connectivity index (χ0v) is 13.7. The molecule has 5 nitrogen and oxygen atoms in total. The molecule has 1 heterocycles. The summed E-state index contributed by atoms with van der Waals surface area (Å²) in [6, 6.07) is 15.2. The molecule has 2 unspecified atom stereocenters. The maximum absolute atomic E-state index is 12.2. The Morgan fingerprint density at radius 2 is 1.92 bits per heavy atom. The molecule has 1 aliphatic rings. The number of hydrogen-bond acceptors (Lipinski definition) is 3. The van der Waals surface area contributed by atoms with E-state index in [1.54, 1.807) is 0 Å². The second-order valence-corrected chi connectivity index (χ2v) is 6.00. The number of hydrogen-bond donors (Lipinski definition) is 3. The summed E-state index contributed by atoms with van der Waals surface area (Å²) in [6.45, 7) is 2.91. The van der Waals surface area contributed by atoms with Crippen LogP contribution in [0.3, 0.4) is 0 Å². The molecular weight excluding hydrogens is 304 g/mol. The molecule has 3 rings (SSSR count). The number of carbonyl (C=O) groups excluding carboxylic acids is 1. The molecule has 0 aliphatic carbocycles. The Kier molecular flexibility index (Phi) is 5.01. The molecule has 0 bridgehead atoms. The number of benzene rings is 2. The molecule has 0 saturated heterocycles. The number of para-hydroxylation sites is 1. The highest BCUT2D eigenvalue weighted by Crippen LogP contribution is 2.35. The van der Waals surface area contributed by atoms with E-state index in [0.29, 0.717) is 13.2 Å². The lowest BCUT2D eigenvalue weighted by Crippen LogP contribution is -2.43. The molecule has 0 aromatic heterocycles. The third-order valence-electron chi connectivity index (χ3n) is 4.43. The summed E-state index contributed by atoms with van der Waals surface area (Å²) in [5.41, 5.74) is 2.87. The molecule has 3 N–H and O–H groups in total. The van der Waals surface area contributed by atoms with Gasteiger partial charge in [-0.2, -0.15) is 0 Å². The molecule has 0 saturated carbocycles. The van der Waals surface area contributed by atoms with Gasteiger partial charge in [0, 0.05) is 24.1 Å². The lowest BCUT2D eigenvalue weighted by atomic mass is 9.94. The molecule has 2 amide bonds. The first-order chi connectivity index (χ1) is 11.7. The Balaban J connectivity index is 1.56. The molecule has 0 fully saturated rings. The van der Waals surface area contributed by atoms with Crippen molar-refractivity contribution in [3.05, 3.63) is 65.2 Å². The predicted molar refractivity (Wildman–Crippen MR) is 91.9 cm³/mol. The minimum absolute atomic E-state index is 0.0356. The molecule has 0 radical (unpaired) electrons. The number of rotatable bonds is 5. The Hall–Kier alpha value is -2.53. The normalized spacial score (nSPS) is 16.8. The van der Waals surface area contributed by atoms with Crippen molar-refractivity contribution < 1.29 is 14.6 Å². The number of urea groups is 1. The van der Waals surface area contributed by atoms with Crippen LogP contribution in [0.2, 0.25) is 0 Å². The van der Waals surface area contributed by atoms with Gasteiger partial charge in [-0.05, 0) is 24.1 Å². The van der Waals surface area contributed by atoms with Crippen molar-refractivity contribution in [1.29, 1.82) is 0 Å². The van der Waals surface area contributed by atoms with Crippen LogP contribution in [0, 0.1) is 0 Å². The van der Waals surface area contributed by atoms with Gasteiger partial charge in [0.25, 0.3) is 0 Å². The second-order valence-electron chi connectivity index (χ2n) is 6.00. The highest BCUT2D eigenvalue weighted by Gasteiger charge is 2.29. The topological polar surface area (TPSA) is 70.6 Å². The third-order valence-corrected chi connectivity index (χ3v) is 4.43. The number of amides is 2. The molecule has 1 aliphatic heterocycles. The minimum atomic E-state index is -0.223. The number of nitrogens with one attached hydrogen (secondary N) is 2. The smallest absolute Gasteiger partial charge is 0.315 e. The van der Waals surface area contributed by atoms with Crippen LogP contribution in [0.4, 0.5) is 4.79 Å². The Morgan fingerprint density at radius 1 is 1.21 bits per heavy atom. The maximum atomic E-state index is 12.2. The summed E-state index contributed by atoms with van der Waals surface area (Å²) in [6.07, 6.45) is 0. The van der Waals surface area contributed by atoms with Crippen LogP contribution in [-0.2, 0) is 13.2 Å². The summed E-state index contributed by atoms with van der Waals surface area (Å²) < 4.78 is 5.67. The number of ether oxygens (including phenoxy) is 1. The van der Waals surface area contributed by atoms with Gasteiger partial charge in [-0.15, -0.1) is 0 Å². The van der Waals surface area contributed by atoms with Gasteiger partial charge in [-0.25, -0.2) is 4.79 Å². The van der Waals surface area contributed by atoms with E-state index in [9.17, 15) is 9.90 Å². The Labute approximate surface area is 141 Å². The average molecular weight is 326 g/mol. The quantitative estimate of drug-likeness (QED) is 0.791. The van der Waals surface area contributed by atoms with Gasteiger partial charge >= 0.3 is 6.03 Å². The van der Waals surface area contributed by atoms with E-state index in [-0.39, 0.29) is 24.6 Å². The van der Waals surface area contributed by atoms with E-state index in [2.05, 4.69) is 10.6 Å². The van der Waals surface area contributed by atoms with Crippen molar-refractivity contribution >= 4 is 6.03 Å². The van der Waals surface area contributed by atoms with Crippen molar-refractivity contribution in [2.24, 2.45) is 0 Å². The van der Waals surface area contributed by atoms with Crippen LogP contribution >= 0.6 is 0 Å². The van der Waals surface area contributed by atoms with Crippen LogP contribution in [-0.4, -0.2) is 23.8 Å². The molecule has 126 valence electrons. The van der Waals surface area contributed by atoms with Gasteiger partial charge < -0.3 is 20.5 Å². The monoisotopic (exact) mass is 326 g/mol. The standard InChI is InChI=1S/C19H22N2O3/c1-13(17-12-24-18-9-5-4-8-16(17)18)21-19(23)20-10-14-6-2-3-7-15(14)11-22/h2-9,13,17,22H,10-12H2,1H3,(H2,20,21,23). The zero-order chi connectivity index (χ0) is 16.9. The van der Waals surface area contributed by atoms with Gasteiger partial charge in [-0.3, -0.25) is 0 Å². The van der Waals surface area contributed by atoms with Gasteiger partial charge in [0.15, 0.2) is 0 Å². The van der Waals surface area contributed by atoms with Crippen LogP contribution in [0.5, 0.6) is 5.75 Å². The summed E-state index contributed by atoms with van der Waals surface area (Å²) >= 11 is 0. The molecule has 0 spiro atoms. The number of carbonyl (C=O) groups is 1. The number of aliphatic hydroxyl groups is 1. The van der Waals surface area contributed by atoms with Gasteiger partial charge in [-0.1, -0.05) is 42.5 Å². The second kappa shape index (κ2) is 7.36. The molecule has 2 aromatic rings. The summed E-state index contributed by atoms with van der Waals surface area (Å²) in [4.78, 5) is 12.2. The summed E-state index contributed by atoms with van der Waals surface area (Å²) in [7, 11) is 0. The lowest BCUT2D eigenvalue weighted by molar-refractivity contribution is 0.232. The molecule has 2 atom stereocenters. The predicted octanol–water partition coefficient (Wildman–Crippen LogP) is 2.54. The van der Waals surface area contributed by atoms with Crippen LogP contribution in [0.25, 0.3) is 0 Å². The average Bonchev–Trinajstić information content (AvgIpc) is 3.04. The first-order valence-corrected chi connectivity index (χ1v) is 8.12. The van der Waals surface area contributed by atoms with Gasteiger partial charge in [0.05, 0.1) is 13.2 Å². The van der Waals surface area contributed by atoms with Crippen molar-refractivity contribution in [2.75, 3.05) is 6.61 Å². The van der Waals surface area contributed by atoms with E-state index >= 15 is 0 Å². The zero-order valence-electron chi connectivity index (χ0n) is 13.7. The lowest BCUT2D eigenvalue weighted by Gasteiger charge is -2.20. The molecule has 5 heteroatoms. The fourth-order valence-corrected chi connectivity index (χ4v) is 3.02. The summed E-state index contributed by atoms with van der Waals surface area (Å²) in [5, 5.41) is 15.2. The van der Waals surface area contributed by atoms with Crippen molar-refractivity contribution in [3.63, 3.8) is 0 Å². The van der Waals surface area contributed by atoms with E-state index in [1.165, 1.54) is 0 Å². The first kappa shape index (κ1) is 16.3. The van der Waals surface area contributed by atoms with E-state index < -0.39 is 0 Å². The molecule has 24 heavy (non-hydrogen) atoms. The first-order valence-electron chi connectivity index (χ1n) is 8.12. The van der Waals surface area contributed by atoms with Crippen LogP contribution in [0.1, 0.15) is 29.5 Å². The fourth-order valence-electron chi connectivity index (χ4n) is 3.02. The highest BCUT2D eigenvalue weighted by atomic mass is 16.5. The largest absolute Gasteiger partial charge is 0.493 e. The van der Waals surface area contributed by atoms with Gasteiger partial charge in [0.1, 0.15) is 5.75 Å². The van der Waals surface area contributed by atoms with Crippen LogP contribution < -0.4 is 15.4 Å². The molecular formula is C19H22N2O3. The Morgan fingerprint density at radius 3 is 2.71 bits per heavy atom. The van der Waals surface area contributed by atoms with E-state index in [4.69, 9.17) is 4.74 Å². The van der Waals surface area contributed by atoms with Crippen molar-refractivity contribution in [2.45, 2.75) is 32.0 Å².